The molecule has 2 aromatic rings. The smallest absolute Gasteiger partial charge is 0.254 e. The highest BCUT2D eigenvalue weighted by atomic mass is 16.5. The molecule has 0 saturated carbocycles. The van der Waals surface area contributed by atoms with Crippen molar-refractivity contribution < 1.29 is 9.53 Å². The van der Waals surface area contributed by atoms with Crippen LogP contribution in [0.3, 0.4) is 0 Å². The Balaban J connectivity index is 1.43. The van der Waals surface area contributed by atoms with Gasteiger partial charge in [-0.2, -0.15) is 0 Å². The molecule has 28 heavy (non-hydrogen) atoms. The first-order valence-electron chi connectivity index (χ1n) is 9.38. The monoisotopic (exact) mass is 377 g/mol. The van der Waals surface area contributed by atoms with Gasteiger partial charge in [-0.05, 0) is 42.2 Å². The Morgan fingerprint density at radius 2 is 2.18 bits per heavy atom. The van der Waals surface area contributed by atoms with Crippen LogP contribution in [0.1, 0.15) is 35.0 Å². The fraction of sp³-hybridized carbons (Fsp3) is 0.333. The van der Waals surface area contributed by atoms with Gasteiger partial charge >= 0.3 is 0 Å². The Kier molecular flexibility index (Phi) is 5.16. The van der Waals surface area contributed by atoms with E-state index >= 15 is 0 Å². The van der Waals surface area contributed by atoms with Crippen LogP contribution in [0.15, 0.2) is 52.8 Å². The summed E-state index contributed by atoms with van der Waals surface area (Å²) in [5.74, 6) is 0.513. The summed E-state index contributed by atoms with van der Waals surface area (Å²) in [4.78, 5) is 27.5. The molecule has 1 aromatic heterocycles. The molecule has 0 radical (unpaired) electrons. The molecule has 2 aliphatic rings. The van der Waals surface area contributed by atoms with E-state index in [0.717, 1.165) is 36.5 Å². The predicted octanol–water partition coefficient (Wildman–Crippen LogP) is 2.13. The van der Waals surface area contributed by atoms with Gasteiger partial charge in [0.15, 0.2) is 0 Å². The largest absolute Gasteiger partial charge is 0.473 e. The van der Waals surface area contributed by atoms with Gasteiger partial charge in [-0.1, -0.05) is 12.1 Å². The predicted molar refractivity (Wildman–Crippen MR) is 106 cm³/mol. The molecular weight excluding hydrogens is 354 g/mol. The van der Waals surface area contributed by atoms with Crippen molar-refractivity contribution in [2.75, 3.05) is 19.6 Å². The number of ether oxygens (including phenoxy) is 1. The molecule has 2 aliphatic heterocycles. The van der Waals surface area contributed by atoms with Gasteiger partial charge in [-0.3, -0.25) is 9.79 Å². The van der Waals surface area contributed by atoms with Crippen LogP contribution in [0.4, 0.5) is 0 Å². The van der Waals surface area contributed by atoms with Crippen LogP contribution in [0.5, 0.6) is 5.88 Å². The Morgan fingerprint density at radius 3 is 3.04 bits per heavy atom. The minimum Gasteiger partial charge on any atom is -0.473 e. The summed E-state index contributed by atoms with van der Waals surface area (Å²) in [5, 5.41) is 0. The molecule has 0 fully saturated rings. The topological polar surface area (TPSA) is 93.7 Å². The Morgan fingerprint density at radius 1 is 1.29 bits per heavy atom. The van der Waals surface area contributed by atoms with E-state index in [2.05, 4.69) is 15.0 Å². The maximum Gasteiger partial charge on any atom is 0.254 e. The third kappa shape index (κ3) is 3.80. The Labute approximate surface area is 164 Å². The molecule has 7 heteroatoms. The second-order valence-electron chi connectivity index (χ2n) is 7.00. The summed E-state index contributed by atoms with van der Waals surface area (Å²) in [6, 6.07) is 9.27. The highest BCUT2D eigenvalue weighted by molar-refractivity contribution is 6.03. The molecular formula is C21H23N5O2. The molecule has 2 N–H and O–H groups in total. The summed E-state index contributed by atoms with van der Waals surface area (Å²) < 4.78 is 5.73. The number of aliphatic imine (C=N–C) groups is 1. The highest BCUT2D eigenvalue weighted by Crippen LogP contribution is 2.25. The van der Waals surface area contributed by atoms with Gasteiger partial charge in [0.05, 0.1) is 12.2 Å². The first-order chi connectivity index (χ1) is 13.6. The average Bonchev–Trinajstić information content (AvgIpc) is 3.12. The van der Waals surface area contributed by atoms with E-state index < -0.39 is 0 Å². The zero-order valence-corrected chi connectivity index (χ0v) is 15.9. The summed E-state index contributed by atoms with van der Waals surface area (Å²) in [7, 11) is 0. The molecule has 4 rings (SSSR count). The van der Waals surface area contributed by atoms with Crippen molar-refractivity contribution in [1.82, 2.24) is 14.9 Å². The molecule has 7 nitrogen and oxygen atoms in total. The number of carbonyl (C=O) groups excluding carboxylic acids is 1. The van der Waals surface area contributed by atoms with Gasteiger partial charge in [0.2, 0.25) is 5.88 Å². The highest BCUT2D eigenvalue weighted by Gasteiger charge is 2.27. The van der Waals surface area contributed by atoms with Crippen molar-refractivity contribution >= 4 is 11.6 Å². The van der Waals surface area contributed by atoms with E-state index in [1.807, 2.05) is 36.1 Å². The zero-order chi connectivity index (χ0) is 19.5. The molecule has 0 spiro atoms. The van der Waals surface area contributed by atoms with Crippen molar-refractivity contribution in [3.8, 4) is 5.88 Å². The lowest BCUT2D eigenvalue weighted by Gasteiger charge is -2.28. The van der Waals surface area contributed by atoms with Gasteiger partial charge < -0.3 is 15.4 Å². The van der Waals surface area contributed by atoms with Gasteiger partial charge in [0.1, 0.15) is 12.9 Å². The average molecular weight is 377 g/mol. The van der Waals surface area contributed by atoms with Crippen molar-refractivity contribution in [2.24, 2.45) is 10.7 Å². The minimum atomic E-state index is 0.0422. The summed E-state index contributed by atoms with van der Waals surface area (Å²) in [6.07, 6.45) is 2.34. The quantitative estimate of drug-likeness (QED) is 0.861. The maximum atomic E-state index is 13.0. The minimum absolute atomic E-state index is 0.0422. The van der Waals surface area contributed by atoms with Crippen molar-refractivity contribution in [2.45, 2.75) is 26.5 Å². The molecule has 1 aromatic carbocycles. The van der Waals surface area contributed by atoms with E-state index in [1.165, 1.54) is 17.5 Å². The second-order valence-corrected chi connectivity index (χ2v) is 7.00. The Bertz CT molecular complexity index is 967. The van der Waals surface area contributed by atoms with E-state index in [4.69, 9.17) is 10.5 Å². The summed E-state index contributed by atoms with van der Waals surface area (Å²) in [6.45, 7) is 4.86. The van der Waals surface area contributed by atoms with Crippen LogP contribution in [0.25, 0.3) is 0 Å². The molecule has 3 heterocycles. The third-order valence-corrected chi connectivity index (χ3v) is 5.16. The molecule has 0 aliphatic carbocycles. The molecule has 0 saturated heterocycles. The number of nitrogens with zero attached hydrogens (tertiary/aromatic N) is 4. The molecule has 0 unspecified atom stereocenters. The number of rotatable bonds is 5. The van der Waals surface area contributed by atoms with Crippen molar-refractivity contribution in [3.05, 3.63) is 64.6 Å². The SMILES string of the molecule is CC1=NCC2=C1CN(C(=O)c1cccc(COc3cc(CN)ncn3)c1)CC2. The van der Waals surface area contributed by atoms with Crippen LogP contribution in [0, 0.1) is 0 Å². The number of benzene rings is 1. The van der Waals surface area contributed by atoms with Crippen LogP contribution in [-0.2, 0) is 13.2 Å². The normalized spacial score (nSPS) is 16.1. The van der Waals surface area contributed by atoms with Gasteiger partial charge in [0, 0.05) is 37.0 Å². The maximum absolute atomic E-state index is 13.0. The second kappa shape index (κ2) is 7.90. The number of amides is 1. The fourth-order valence-electron chi connectivity index (χ4n) is 3.53. The molecule has 144 valence electrons. The van der Waals surface area contributed by atoms with Crippen LogP contribution in [-0.4, -0.2) is 46.1 Å². The van der Waals surface area contributed by atoms with Gasteiger partial charge in [-0.15, -0.1) is 0 Å². The molecule has 0 atom stereocenters. The lowest BCUT2D eigenvalue weighted by atomic mass is 9.98. The van der Waals surface area contributed by atoms with Gasteiger partial charge in [-0.25, -0.2) is 9.97 Å². The number of aromatic nitrogens is 2. The van der Waals surface area contributed by atoms with Crippen molar-refractivity contribution in [1.29, 1.82) is 0 Å². The number of nitrogens with two attached hydrogens (primary N) is 1. The molecule has 1 amide bonds. The first-order valence-corrected chi connectivity index (χ1v) is 9.38. The lowest BCUT2D eigenvalue weighted by molar-refractivity contribution is 0.0766. The van der Waals surface area contributed by atoms with E-state index in [0.29, 0.717) is 31.1 Å². The number of hydrogen-bond acceptors (Lipinski definition) is 6. The van der Waals surface area contributed by atoms with E-state index in [1.54, 1.807) is 6.07 Å². The van der Waals surface area contributed by atoms with E-state index in [-0.39, 0.29) is 5.91 Å². The van der Waals surface area contributed by atoms with Gasteiger partial charge in [0.25, 0.3) is 5.91 Å². The fourth-order valence-corrected chi connectivity index (χ4v) is 3.53. The Hall–Kier alpha value is -3.06. The third-order valence-electron chi connectivity index (χ3n) is 5.16. The summed E-state index contributed by atoms with van der Waals surface area (Å²) in [5.41, 5.74) is 11.6. The van der Waals surface area contributed by atoms with Crippen LogP contribution >= 0.6 is 0 Å². The molecule has 0 bridgehead atoms. The zero-order valence-electron chi connectivity index (χ0n) is 15.9. The standard InChI is InChI=1S/C21H23N5O2/c1-14-19-11-26(6-5-17(19)10-23-14)21(27)16-4-2-3-15(7-16)12-28-20-8-18(9-22)24-13-25-20/h2-4,7-8,13H,5-6,9-12,22H2,1H3. The number of carbonyl (C=O) groups is 1. The summed E-state index contributed by atoms with van der Waals surface area (Å²) >= 11 is 0. The van der Waals surface area contributed by atoms with Crippen LogP contribution < -0.4 is 10.5 Å². The van der Waals surface area contributed by atoms with E-state index in [9.17, 15) is 4.79 Å². The lowest BCUT2D eigenvalue weighted by Crippen LogP contribution is -2.37. The first kappa shape index (κ1) is 18.3. The number of hydrogen-bond donors (Lipinski definition) is 1. The van der Waals surface area contributed by atoms with Crippen LogP contribution in [0.2, 0.25) is 0 Å². The van der Waals surface area contributed by atoms with Crippen molar-refractivity contribution in [3.63, 3.8) is 0 Å².